The summed E-state index contributed by atoms with van der Waals surface area (Å²) in [6.45, 7) is 3.44. The fourth-order valence-electron chi connectivity index (χ4n) is 0.718. The van der Waals surface area contributed by atoms with Gasteiger partial charge in [-0.1, -0.05) is 35.4 Å². The van der Waals surface area contributed by atoms with Crippen LogP contribution in [-0.2, 0) is 37.8 Å². The first-order valence-electron chi connectivity index (χ1n) is 5.49. The average molecular weight is 306 g/mol. The van der Waals surface area contributed by atoms with Crippen molar-refractivity contribution >= 4 is 20.8 Å². The van der Waals surface area contributed by atoms with Gasteiger partial charge in [0.15, 0.2) is 0 Å². The van der Waals surface area contributed by atoms with Crippen molar-refractivity contribution in [3.63, 3.8) is 0 Å². The number of rotatable bonds is 11. The van der Waals surface area contributed by atoms with Crippen molar-refractivity contribution in [3.8, 4) is 0 Å². The monoisotopic (exact) mass is 306 g/mol. The molecule has 0 N–H and O–H groups in total. The van der Waals surface area contributed by atoms with Gasteiger partial charge in [-0.2, -0.15) is 16.8 Å². The van der Waals surface area contributed by atoms with E-state index in [0.29, 0.717) is 12.8 Å². The maximum absolute atomic E-state index is 11.0. The summed E-state index contributed by atoms with van der Waals surface area (Å²) < 4.78 is 60.0. The lowest BCUT2D eigenvalue weighted by atomic mass is 10.4. The minimum Gasteiger partial charge on any atom is -0.246 e. The van der Waals surface area contributed by atoms with Crippen molar-refractivity contribution in [2.75, 3.05) is 13.2 Å². The molecule has 0 rings (SSSR count). The second-order valence-corrected chi connectivity index (χ2v) is 5.68. The summed E-state index contributed by atoms with van der Waals surface area (Å²) in [6, 6.07) is 0. The Bertz CT molecular complexity index is 359. The SMILES string of the molecule is CCCCOS(=O)(=O)OOS(=O)(=O)OCCCC. The maximum Gasteiger partial charge on any atom is 0.427 e. The fourth-order valence-corrected chi connectivity index (χ4v) is 1.98. The van der Waals surface area contributed by atoms with Gasteiger partial charge in [-0.3, -0.25) is 0 Å². The zero-order chi connectivity index (χ0) is 14.1. The third-order valence-electron chi connectivity index (χ3n) is 1.65. The van der Waals surface area contributed by atoms with E-state index in [4.69, 9.17) is 0 Å². The molecule has 10 heteroatoms. The molecule has 0 fully saturated rings. The summed E-state index contributed by atoms with van der Waals surface area (Å²) >= 11 is 0. The predicted molar refractivity (Wildman–Crippen MR) is 61.7 cm³/mol. The summed E-state index contributed by atoms with van der Waals surface area (Å²) in [7, 11) is -9.00. The molecular formula is C8H18O8S2. The Morgan fingerprint density at radius 1 is 0.722 bits per heavy atom. The Kier molecular flexibility index (Phi) is 8.65. The van der Waals surface area contributed by atoms with Crippen molar-refractivity contribution < 1.29 is 33.9 Å². The van der Waals surface area contributed by atoms with E-state index in [-0.39, 0.29) is 13.2 Å². The molecule has 18 heavy (non-hydrogen) atoms. The van der Waals surface area contributed by atoms with Crippen molar-refractivity contribution in [1.29, 1.82) is 0 Å². The van der Waals surface area contributed by atoms with Crippen LogP contribution in [0.25, 0.3) is 0 Å². The molecule has 0 bridgehead atoms. The Labute approximate surface area is 108 Å². The molecule has 0 radical (unpaired) electrons. The van der Waals surface area contributed by atoms with Crippen LogP contribution in [-0.4, -0.2) is 30.0 Å². The molecule has 0 saturated carbocycles. The van der Waals surface area contributed by atoms with Gasteiger partial charge in [0.2, 0.25) is 0 Å². The first-order chi connectivity index (χ1) is 8.33. The molecule has 110 valence electrons. The van der Waals surface area contributed by atoms with Crippen LogP contribution in [0.4, 0.5) is 0 Å². The highest BCUT2D eigenvalue weighted by atomic mass is 32.3. The molecule has 0 amide bonds. The summed E-state index contributed by atoms with van der Waals surface area (Å²) in [5.74, 6) is 0. The lowest BCUT2D eigenvalue weighted by molar-refractivity contribution is -0.112. The van der Waals surface area contributed by atoms with Crippen LogP contribution in [0.5, 0.6) is 0 Å². The Morgan fingerprint density at radius 2 is 1.06 bits per heavy atom. The van der Waals surface area contributed by atoms with Crippen molar-refractivity contribution in [1.82, 2.24) is 0 Å². The van der Waals surface area contributed by atoms with Crippen LogP contribution in [0.1, 0.15) is 39.5 Å². The largest absolute Gasteiger partial charge is 0.427 e. The van der Waals surface area contributed by atoms with E-state index in [1.165, 1.54) is 0 Å². The van der Waals surface area contributed by atoms with Crippen LogP contribution in [0.15, 0.2) is 0 Å². The van der Waals surface area contributed by atoms with E-state index < -0.39 is 20.8 Å². The molecule has 0 aliphatic rings. The summed E-state index contributed by atoms with van der Waals surface area (Å²) in [5, 5.41) is 0. The molecule has 0 atom stereocenters. The minimum absolute atomic E-state index is 0.112. The van der Waals surface area contributed by atoms with Crippen LogP contribution in [0.2, 0.25) is 0 Å². The van der Waals surface area contributed by atoms with Gasteiger partial charge in [-0.25, -0.2) is 8.37 Å². The fraction of sp³-hybridized carbons (Fsp3) is 1.00. The van der Waals surface area contributed by atoms with Crippen LogP contribution < -0.4 is 0 Å². The standard InChI is InChI=1S/C8H18O8S2/c1-3-5-7-13-17(9,10)15-16-18(11,12)14-8-6-4-2/h3-8H2,1-2H3. The first-order valence-corrected chi connectivity index (χ1v) is 8.16. The molecule has 0 aliphatic heterocycles. The molecule has 0 aromatic heterocycles. The third kappa shape index (κ3) is 9.74. The first kappa shape index (κ1) is 17.7. The van der Waals surface area contributed by atoms with E-state index in [0.717, 1.165) is 12.8 Å². The molecule has 0 spiro atoms. The highest BCUT2D eigenvalue weighted by Crippen LogP contribution is 2.05. The van der Waals surface area contributed by atoms with Gasteiger partial charge >= 0.3 is 20.8 Å². The number of hydrogen-bond acceptors (Lipinski definition) is 8. The van der Waals surface area contributed by atoms with Crippen molar-refractivity contribution in [2.45, 2.75) is 39.5 Å². The van der Waals surface area contributed by atoms with Crippen molar-refractivity contribution in [3.05, 3.63) is 0 Å². The second kappa shape index (κ2) is 8.77. The van der Waals surface area contributed by atoms with Gasteiger partial charge in [-0.15, -0.1) is 0 Å². The third-order valence-corrected chi connectivity index (χ3v) is 3.11. The van der Waals surface area contributed by atoms with Gasteiger partial charge in [0.25, 0.3) is 0 Å². The highest BCUT2D eigenvalue weighted by Gasteiger charge is 2.21. The van der Waals surface area contributed by atoms with Gasteiger partial charge in [0.1, 0.15) is 0 Å². The van der Waals surface area contributed by atoms with Gasteiger partial charge in [0.05, 0.1) is 13.2 Å². The quantitative estimate of drug-likeness (QED) is 0.317. The van der Waals surface area contributed by atoms with Crippen molar-refractivity contribution in [2.24, 2.45) is 0 Å². The topological polar surface area (TPSA) is 105 Å². The Hall–Kier alpha value is -0.260. The van der Waals surface area contributed by atoms with Gasteiger partial charge in [-0.05, 0) is 12.8 Å². The molecule has 0 aliphatic carbocycles. The molecule has 0 saturated heterocycles. The maximum atomic E-state index is 11.0. The predicted octanol–water partition coefficient (Wildman–Crippen LogP) is 1.06. The van der Waals surface area contributed by atoms with Gasteiger partial charge in [0, 0.05) is 0 Å². The lowest BCUT2D eigenvalue weighted by Crippen LogP contribution is -2.17. The van der Waals surface area contributed by atoms with E-state index in [1.807, 2.05) is 13.8 Å². The molecule has 0 heterocycles. The second-order valence-electron chi connectivity index (χ2n) is 3.30. The lowest BCUT2D eigenvalue weighted by Gasteiger charge is -2.05. The molecule has 0 aromatic rings. The average Bonchev–Trinajstić information content (AvgIpc) is 2.27. The van der Waals surface area contributed by atoms with E-state index in [9.17, 15) is 16.8 Å². The summed E-state index contributed by atoms with van der Waals surface area (Å²) in [4.78, 5) is 0. The van der Waals surface area contributed by atoms with E-state index in [2.05, 4.69) is 17.0 Å². The number of hydrogen-bond donors (Lipinski definition) is 0. The number of unbranched alkanes of at least 4 members (excludes halogenated alkanes) is 2. The van der Waals surface area contributed by atoms with Crippen LogP contribution in [0, 0.1) is 0 Å². The van der Waals surface area contributed by atoms with E-state index >= 15 is 0 Å². The molecular weight excluding hydrogens is 288 g/mol. The minimum atomic E-state index is -4.50. The summed E-state index contributed by atoms with van der Waals surface area (Å²) in [6.07, 6.45) is 2.41. The van der Waals surface area contributed by atoms with Gasteiger partial charge < -0.3 is 0 Å². The van der Waals surface area contributed by atoms with Crippen LogP contribution in [0.3, 0.4) is 0 Å². The Morgan fingerprint density at radius 3 is 1.33 bits per heavy atom. The molecule has 8 nitrogen and oxygen atoms in total. The highest BCUT2D eigenvalue weighted by molar-refractivity contribution is 7.84. The van der Waals surface area contributed by atoms with E-state index in [1.54, 1.807) is 0 Å². The zero-order valence-corrected chi connectivity index (χ0v) is 12.0. The summed E-state index contributed by atoms with van der Waals surface area (Å²) in [5.41, 5.74) is 0. The Balaban J connectivity index is 4.05. The normalized spacial score (nSPS) is 12.8. The molecule has 0 aromatic carbocycles. The van der Waals surface area contributed by atoms with Crippen LogP contribution >= 0.6 is 0 Å². The molecule has 0 unspecified atom stereocenters. The zero-order valence-electron chi connectivity index (χ0n) is 10.3. The smallest absolute Gasteiger partial charge is 0.246 e.